The predicted octanol–water partition coefficient (Wildman–Crippen LogP) is 1.74. The van der Waals surface area contributed by atoms with Crippen molar-refractivity contribution in [2.75, 3.05) is 6.54 Å². The van der Waals surface area contributed by atoms with Gasteiger partial charge < -0.3 is 29.0 Å². The van der Waals surface area contributed by atoms with Gasteiger partial charge in [0, 0.05) is 6.54 Å². The molecule has 1 amide bonds. The van der Waals surface area contributed by atoms with Crippen molar-refractivity contribution in [1.82, 2.24) is 5.32 Å². The molecule has 0 bridgehead atoms. The molecule has 1 aromatic carbocycles. The SMILES string of the molecule is CC1(C)O[C@H]2[C@@H](O1)[C@@H](CNC(=O)Cc1ccccc1)O[C@@H]1OC(C)(C)O[C@@H]12. The van der Waals surface area contributed by atoms with Crippen LogP contribution >= 0.6 is 0 Å². The summed E-state index contributed by atoms with van der Waals surface area (Å²) in [5.41, 5.74) is 0.966. The zero-order valence-corrected chi connectivity index (χ0v) is 16.1. The van der Waals surface area contributed by atoms with E-state index in [9.17, 15) is 4.79 Å². The van der Waals surface area contributed by atoms with Crippen molar-refractivity contribution in [3.8, 4) is 0 Å². The number of hydrogen-bond donors (Lipinski definition) is 1. The second-order valence-corrected chi connectivity index (χ2v) is 8.17. The van der Waals surface area contributed by atoms with Crippen molar-refractivity contribution in [3.63, 3.8) is 0 Å². The monoisotopic (exact) mass is 377 g/mol. The van der Waals surface area contributed by atoms with E-state index in [2.05, 4.69) is 5.32 Å². The summed E-state index contributed by atoms with van der Waals surface area (Å²) in [5.74, 6) is -1.55. The van der Waals surface area contributed by atoms with E-state index in [4.69, 9.17) is 23.7 Å². The Morgan fingerprint density at radius 3 is 2.30 bits per heavy atom. The van der Waals surface area contributed by atoms with Gasteiger partial charge in [0.15, 0.2) is 17.9 Å². The molecule has 3 saturated heterocycles. The largest absolute Gasteiger partial charge is 0.353 e. The Balaban J connectivity index is 1.42. The van der Waals surface area contributed by atoms with E-state index in [0.717, 1.165) is 5.56 Å². The highest BCUT2D eigenvalue weighted by molar-refractivity contribution is 5.78. The summed E-state index contributed by atoms with van der Waals surface area (Å²) in [7, 11) is 0. The molecule has 4 rings (SSSR count). The fraction of sp³-hybridized carbons (Fsp3) is 0.650. The van der Waals surface area contributed by atoms with Gasteiger partial charge in [0.1, 0.15) is 24.4 Å². The average Bonchev–Trinajstić information content (AvgIpc) is 3.07. The highest BCUT2D eigenvalue weighted by Gasteiger charge is 2.60. The van der Waals surface area contributed by atoms with E-state index < -0.39 is 17.9 Å². The number of carbonyl (C=O) groups is 1. The van der Waals surface area contributed by atoms with Crippen molar-refractivity contribution >= 4 is 5.91 Å². The third-order valence-corrected chi connectivity index (χ3v) is 4.96. The van der Waals surface area contributed by atoms with Gasteiger partial charge in [0.25, 0.3) is 0 Å². The summed E-state index contributed by atoms with van der Waals surface area (Å²) < 4.78 is 30.1. The molecular weight excluding hydrogens is 350 g/mol. The Morgan fingerprint density at radius 1 is 0.926 bits per heavy atom. The molecule has 27 heavy (non-hydrogen) atoms. The van der Waals surface area contributed by atoms with Crippen molar-refractivity contribution in [3.05, 3.63) is 35.9 Å². The zero-order chi connectivity index (χ0) is 19.2. The quantitative estimate of drug-likeness (QED) is 0.862. The molecule has 0 aliphatic carbocycles. The van der Waals surface area contributed by atoms with Gasteiger partial charge in [0.2, 0.25) is 5.91 Å². The van der Waals surface area contributed by atoms with Crippen LogP contribution < -0.4 is 5.32 Å². The van der Waals surface area contributed by atoms with Crippen LogP contribution in [0.5, 0.6) is 0 Å². The first-order chi connectivity index (χ1) is 12.7. The molecule has 0 unspecified atom stereocenters. The summed E-state index contributed by atoms with van der Waals surface area (Å²) in [6.07, 6.45) is -1.61. The number of benzene rings is 1. The molecule has 3 aliphatic heterocycles. The first-order valence-electron chi connectivity index (χ1n) is 9.40. The number of carbonyl (C=O) groups excluding carboxylic acids is 1. The molecule has 3 fully saturated rings. The van der Waals surface area contributed by atoms with Crippen molar-refractivity contribution < 1.29 is 28.5 Å². The van der Waals surface area contributed by atoms with E-state index in [1.807, 2.05) is 58.0 Å². The summed E-state index contributed by atoms with van der Waals surface area (Å²) >= 11 is 0. The Morgan fingerprint density at radius 2 is 1.56 bits per heavy atom. The van der Waals surface area contributed by atoms with Crippen LogP contribution in [-0.4, -0.2) is 54.7 Å². The van der Waals surface area contributed by atoms with Gasteiger partial charge in [-0.1, -0.05) is 30.3 Å². The minimum atomic E-state index is -0.749. The predicted molar refractivity (Wildman–Crippen MR) is 95.7 cm³/mol. The first kappa shape index (κ1) is 18.8. The molecule has 7 heteroatoms. The van der Waals surface area contributed by atoms with Crippen molar-refractivity contribution in [1.29, 1.82) is 0 Å². The van der Waals surface area contributed by atoms with Gasteiger partial charge in [-0.05, 0) is 33.3 Å². The van der Waals surface area contributed by atoms with E-state index in [0.29, 0.717) is 13.0 Å². The van der Waals surface area contributed by atoms with Gasteiger partial charge >= 0.3 is 0 Å². The zero-order valence-electron chi connectivity index (χ0n) is 16.1. The van der Waals surface area contributed by atoms with E-state index >= 15 is 0 Å². The van der Waals surface area contributed by atoms with Crippen LogP contribution in [0, 0.1) is 0 Å². The van der Waals surface area contributed by atoms with E-state index in [1.54, 1.807) is 0 Å². The van der Waals surface area contributed by atoms with Crippen LogP contribution in [0.1, 0.15) is 33.3 Å². The van der Waals surface area contributed by atoms with Crippen molar-refractivity contribution in [2.45, 2.75) is 76.4 Å². The maximum Gasteiger partial charge on any atom is 0.224 e. The highest BCUT2D eigenvalue weighted by Crippen LogP contribution is 2.43. The van der Waals surface area contributed by atoms with Gasteiger partial charge in [-0.3, -0.25) is 4.79 Å². The van der Waals surface area contributed by atoms with Crippen LogP contribution in [0.25, 0.3) is 0 Å². The Hall–Kier alpha value is -1.51. The fourth-order valence-corrected chi connectivity index (χ4v) is 3.92. The summed E-state index contributed by atoms with van der Waals surface area (Å²) in [5, 5.41) is 2.95. The number of nitrogens with one attached hydrogen (secondary N) is 1. The topological polar surface area (TPSA) is 75.3 Å². The molecule has 0 radical (unpaired) electrons. The first-order valence-corrected chi connectivity index (χ1v) is 9.40. The molecule has 1 aromatic rings. The second-order valence-electron chi connectivity index (χ2n) is 8.17. The third kappa shape index (κ3) is 4.02. The van der Waals surface area contributed by atoms with Gasteiger partial charge in [-0.15, -0.1) is 0 Å². The minimum absolute atomic E-state index is 0.0643. The van der Waals surface area contributed by atoms with Gasteiger partial charge in [-0.25, -0.2) is 0 Å². The molecule has 3 aliphatic rings. The average molecular weight is 377 g/mol. The van der Waals surface area contributed by atoms with E-state index in [1.165, 1.54) is 0 Å². The lowest BCUT2D eigenvalue weighted by atomic mass is 9.99. The maximum atomic E-state index is 12.3. The number of rotatable bonds is 4. The third-order valence-electron chi connectivity index (χ3n) is 4.96. The molecule has 1 N–H and O–H groups in total. The minimum Gasteiger partial charge on any atom is -0.353 e. The number of fused-ring (bicyclic) bond motifs is 3. The standard InChI is InChI=1S/C20H27NO6/c1-19(2)24-15-13(11-21-14(22)10-12-8-6-5-7-9-12)23-18-17(16(15)25-19)26-20(3,4)27-18/h5-9,13,15-18H,10-11H2,1-4H3,(H,21,22)/t13-,15+,16+,17-,18-/m1/s1. The Bertz CT molecular complexity index is 691. The van der Waals surface area contributed by atoms with Gasteiger partial charge in [-0.2, -0.15) is 0 Å². The molecule has 0 spiro atoms. The maximum absolute atomic E-state index is 12.3. The van der Waals surface area contributed by atoms with Crippen LogP contribution in [0.2, 0.25) is 0 Å². The normalized spacial score (nSPS) is 36.1. The molecule has 5 atom stereocenters. The lowest BCUT2D eigenvalue weighted by Crippen LogP contribution is -2.57. The molecular formula is C20H27NO6. The summed E-state index contributed by atoms with van der Waals surface area (Å²) in [6, 6.07) is 9.63. The summed E-state index contributed by atoms with van der Waals surface area (Å²) in [4.78, 5) is 12.3. The molecule has 3 heterocycles. The van der Waals surface area contributed by atoms with Crippen molar-refractivity contribution in [2.24, 2.45) is 0 Å². The lowest BCUT2D eigenvalue weighted by molar-refractivity contribution is -0.232. The summed E-state index contributed by atoms with van der Waals surface area (Å²) in [6.45, 7) is 7.75. The van der Waals surface area contributed by atoms with Crippen LogP contribution in [0.15, 0.2) is 30.3 Å². The van der Waals surface area contributed by atoms with Crippen LogP contribution in [0.3, 0.4) is 0 Å². The molecule has 7 nitrogen and oxygen atoms in total. The Kier molecular flexibility index (Phi) is 4.76. The molecule has 148 valence electrons. The van der Waals surface area contributed by atoms with Crippen LogP contribution in [-0.2, 0) is 34.9 Å². The number of hydrogen-bond acceptors (Lipinski definition) is 6. The van der Waals surface area contributed by atoms with E-state index in [-0.39, 0.29) is 30.3 Å². The number of amides is 1. The van der Waals surface area contributed by atoms with Gasteiger partial charge in [0.05, 0.1) is 6.42 Å². The lowest BCUT2D eigenvalue weighted by Gasteiger charge is -2.37. The Labute approximate surface area is 159 Å². The molecule has 0 saturated carbocycles. The number of ether oxygens (including phenoxy) is 5. The smallest absolute Gasteiger partial charge is 0.224 e. The fourth-order valence-electron chi connectivity index (χ4n) is 3.92. The second kappa shape index (κ2) is 6.83. The van der Waals surface area contributed by atoms with Crippen LogP contribution in [0.4, 0.5) is 0 Å². The highest BCUT2D eigenvalue weighted by atomic mass is 16.9. The molecule has 0 aromatic heterocycles.